The van der Waals surface area contributed by atoms with Gasteiger partial charge in [0, 0.05) is 25.3 Å². The Balaban J connectivity index is 1.59. The number of carbonyl (C=O) groups is 2. The van der Waals surface area contributed by atoms with Crippen LogP contribution in [0.25, 0.3) is 11.4 Å². The Morgan fingerprint density at radius 2 is 1.68 bits per heavy atom. The third-order valence-corrected chi connectivity index (χ3v) is 4.79. The molecule has 7 nitrogen and oxygen atoms in total. The fraction of sp³-hybridized carbons (Fsp3) is 0.158. The number of hydrogen-bond donors (Lipinski definition) is 2. The molecule has 0 fully saturated rings. The first-order valence-corrected chi connectivity index (χ1v) is 9.37. The number of anilines is 2. The Bertz CT molecular complexity index is 1000. The average molecular weight is 399 g/mol. The van der Waals surface area contributed by atoms with E-state index in [1.165, 1.54) is 24.8 Å². The van der Waals surface area contributed by atoms with E-state index >= 15 is 0 Å². The van der Waals surface area contributed by atoms with Gasteiger partial charge in [-0.05, 0) is 36.4 Å². The molecule has 0 aliphatic heterocycles. The summed E-state index contributed by atoms with van der Waals surface area (Å²) in [4.78, 5) is 23.2. The second-order valence-electron chi connectivity index (χ2n) is 5.94. The first kappa shape index (κ1) is 19.6. The molecule has 0 atom stereocenters. The summed E-state index contributed by atoms with van der Waals surface area (Å²) in [5.41, 5.74) is 1.62. The van der Waals surface area contributed by atoms with Crippen LogP contribution in [0.2, 0.25) is 0 Å². The van der Waals surface area contributed by atoms with Crippen LogP contribution in [-0.4, -0.2) is 32.3 Å². The van der Waals surface area contributed by atoms with Crippen molar-refractivity contribution < 1.29 is 14.0 Å². The normalized spacial score (nSPS) is 10.5. The Morgan fingerprint density at radius 1 is 1.04 bits per heavy atom. The molecule has 2 amide bonds. The standard InChI is InChI=1S/C19H18FN5O2S/c1-12(26)21-13-7-9-14(10-8-13)22-17(27)11-28-19-24-23-18(25(19)2)15-5-3-4-6-16(15)20/h3-10H,11H2,1-2H3,(H,21,26)(H,22,27). The van der Waals surface area contributed by atoms with Crippen LogP contribution in [0.4, 0.5) is 15.8 Å². The first-order valence-electron chi connectivity index (χ1n) is 8.38. The predicted octanol–water partition coefficient (Wildman–Crippen LogP) is 3.31. The maximum Gasteiger partial charge on any atom is 0.234 e. The number of nitrogens with one attached hydrogen (secondary N) is 2. The largest absolute Gasteiger partial charge is 0.326 e. The van der Waals surface area contributed by atoms with Gasteiger partial charge in [-0.25, -0.2) is 4.39 Å². The van der Waals surface area contributed by atoms with Crippen molar-refractivity contribution in [2.45, 2.75) is 12.1 Å². The van der Waals surface area contributed by atoms with E-state index in [2.05, 4.69) is 20.8 Å². The van der Waals surface area contributed by atoms with Gasteiger partial charge in [-0.15, -0.1) is 10.2 Å². The Kier molecular flexibility index (Phi) is 6.05. The fourth-order valence-electron chi connectivity index (χ4n) is 2.49. The molecule has 9 heteroatoms. The summed E-state index contributed by atoms with van der Waals surface area (Å²) in [6.07, 6.45) is 0. The lowest BCUT2D eigenvalue weighted by Gasteiger charge is -2.07. The van der Waals surface area contributed by atoms with Crippen molar-refractivity contribution in [1.29, 1.82) is 0 Å². The number of amides is 2. The maximum absolute atomic E-state index is 13.9. The predicted molar refractivity (Wildman–Crippen MR) is 106 cm³/mol. The molecule has 0 radical (unpaired) electrons. The average Bonchev–Trinajstić information content (AvgIpc) is 3.02. The highest BCUT2D eigenvalue weighted by Gasteiger charge is 2.15. The van der Waals surface area contributed by atoms with Gasteiger partial charge in [0.25, 0.3) is 0 Å². The molecule has 0 bridgehead atoms. The third kappa shape index (κ3) is 4.74. The van der Waals surface area contributed by atoms with Crippen LogP contribution in [0.3, 0.4) is 0 Å². The molecule has 2 aromatic carbocycles. The van der Waals surface area contributed by atoms with Gasteiger partial charge in [0.1, 0.15) is 5.82 Å². The van der Waals surface area contributed by atoms with Crippen molar-refractivity contribution in [3.8, 4) is 11.4 Å². The molecule has 0 saturated carbocycles. The lowest BCUT2D eigenvalue weighted by Crippen LogP contribution is -2.14. The van der Waals surface area contributed by atoms with Crippen LogP contribution in [0, 0.1) is 5.82 Å². The highest BCUT2D eigenvalue weighted by molar-refractivity contribution is 7.99. The minimum Gasteiger partial charge on any atom is -0.326 e. The molecule has 1 aromatic heterocycles. The molecule has 0 aliphatic carbocycles. The lowest BCUT2D eigenvalue weighted by atomic mass is 10.2. The Hall–Kier alpha value is -3.20. The minimum absolute atomic E-state index is 0.122. The minimum atomic E-state index is -0.380. The van der Waals surface area contributed by atoms with Gasteiger partial charge in [-0.2, -0.15) is 0 Å². The lowest BCUT2D eigenvalue weighted by molar-refractivity contribution is -0.114. The summed E-state index contributed by atoms with van der Waals surface area (Å²) in [6.45, 7) is 1.43. The molecule has 3 rings (SSSR count). The van der Waals surface area contributed by atoms with Crippen molar-refractivity contribution >= 4 is 35.0 Å². The molecule has 2 N–H and O–H groups in total. The van der Waals surface area contributed by atoms with E-state index in [1.54, 1.807) is 54.1 Å². The van der Waals surface area contributed by atoms with Crippen LogP contribution >= 0.6 is 11.8 Å². The van der Waals surface area contributed by atoms with Gasteiger partial charge >= 0.3 is 0 Å². The van der Waals surface area contributed by atoms with Crippen LogP contribution in [0.15, 0.2) is 53.7 Å². The van der Waals surface area contributed by atoms with Gasteiger partial charge in [0.05, 0.1) is 11.3 Å². The van der Waals surface area contributed by atoms with Gasteiger partial charge in [0.15, 0.2) is 11.0 Å². The van der Waals surface area contributed by atoms with Gasteiger partial charge in [-0.1, -0.05) is 23.9 Å². The van der Waals surface area contributed by atoms with Crippen LogP contribution < -0.4 is 10.6 Å². The zero-order valence-corrected chi connectivity index (χ0v) is 16.1. The van der Waals surface area contributed by atoms with Crippen molar-refractivity contribution in [3.05, 3.63) is 54.3 Å². The molecule has 0 unspecified atom stereocenters. The maximum atomic E-state index is 13.9. The van der Waals surface area contributed by atoms with Crippen molar-refractivity contribution in [1.82, 2.24) is 14.8 Å². The zero-order valence-electron chi connectivity index (χ0n) is 15.3. The number of aromatic nitrogens is 3. The van der Waals surface area contributed by atoms with E-state index in [9.17, 15) is 14.0 Å². The van der Waals surface area contributed by atoms with Crippen molar-refractivity contribution in [3.63, 3.8) is 0 Å². The topological polar surface area (TPSA) is 88.9 Å². The summed E-state index contributed by atoms with van der Waals surface area (Å²) < 4.78 is 15.6. The van der Waals surface area contributed by atoms with E-state index < -0.39 is 0 Å². The number of hydrogen-bond acceptors (Lipinski definition) is 5. The summed E-state index contributed by atoms with van der Waals surface area (Å²) in [7, 11) is 1.72. The number of thioether (sulfide) groups is 1. The smallest absolute Gasteiger partial charge is 0.234 e. The molecule has 0 spiro atoms. The van der Waals surface area contributed by atoms with Crippen molar-refractivity contribution in [2.75, 3.05) is 16.4 Å². The van der Waals surface area contributed by atoms with Crippen LogP contribution in [0.5, 0.6) is 0 Å². The van der Waals surface area contributed by atoms with Gasteiger partial charge < -0.3 is 15.2 Å². The van der Waals surface area contributed by atoms with Gasteiger partial charge in [-0.3, -0.25) is 9.59 Å². The molecular weight excluding hydrogens is 381 g/mol. The summed E-state index contributed by atoms with van der Waals surface area (Å²) in [5.74, 6) is -0.236. The van der Waals surface area contributed by atoms with E-state index in [-0.39, 0.29) is 23.4 Å². The number of rotatable bonds is 6. The summed E-state index contributed by atoms with van der Waals surface area (Å²) >= 11 is 1.21. The van der Waals surface area contributed by atoms with E-state index in [4.69, 9.17) is 0 Å². The highest BCUT2D eigenvalue weighted by Crippen LogP contribution is 2.24. The molecule has 28 heavy (non-hydrogen) atoms. The first-order chi connectivity index (χ1) is 13.4. The number of carbonyl (C=O) groups excluding carboxylic acids is 2. The molecule has 3 aromatic rings. The van der Waals surface area contributed by atoms with Crippen molar-refractivity contribution in [2.24, 2.45) is 7.05 Å². The summed E-state index contributed by atoms with van der Waals surface area (Å²) in [5, 5.41) is 14.0. The number of halogens is 1. The second-order valence-corrected chi connectivity index (χ2v) is 6.88. The van der Waals surface area contributed by atoms with E-state index in [0.717, 1.165) is 0 Å². The highest BCUT2D eigenvalue weighted by atomic mass is 32.2. The van der Waals surface area contributed by atoms with Gasteiger partial charge in [0.2, 0.25) is 11.8 Å². The molecule has 0 aliphatic rings. The van der Waals surface area contributed by atoms with Crippen LogP contribution in [0.1, 0.15) is 6.92 Å². The molecule has 144 valence electrons. The van der Waals surface area contributed by atoms with E-state index in [1.807, 2.05) is 0 Å². The summed E-state index contributed by atoms with van der Waals surface area (Å²) in [6, 6.07) is 13.1. The van der Waals surface area contributed by atoms with E-state index in [0.29, 0.717) is 27.9 Å². The fourth-order valence-corrected chi connectivity index (χ4v) is 3.20. The second kappa shape index (κ2) is 8.66. The number of nitrogens with zero attached hydrogens (tertiary/aromatic N) is 3. The number of benzene rings is 2. The quantitative estimate of drug-likeness (QED) is 0.621. The third-order valence-electron chi connectivity index (χ3n) is 3.77. The SMILES string of the molecule is CC(=O)Nc1ccc(NC(=O)CSc2nnc(-c3ccccc3F)n2C)cc1. The zero-order chi connectivity index (χ0) is 20.1. The molecule has 0 saturated heterocycles. The Morgan fingerprint density at radius 3 is 2.32 bits per heavy atom. The monoisotopic (exact) mass is 399 g/mol. The molecular formula is C19H18FN5O2S. The molecule has 1 heterocycles. The van der Waals surface area contributed by atoms with Crippen LogP contribution in [-0.2, 0) is 16.6 Å². The Labute approximate surface area is 165 Å².